The first kappa shape index (κ1) is 22.0. The third-order valence-electron chi connectivity index (χ3n) is 4.13. The van der Waals surface area contributed by atoms with E-state index in [-0.39, 0.29) is 35.4 Å². The summed E-state index contributed by atoms with van der Waals surface area (Å²) in [5.41, 5.74) is 0.899. The largest absolute Gasteiger partial charge is 0.507 e. The monoisotopic (exact) mass is 463 g/mol. The van der Waals surface area contributed by atoms with E-state index in [4.69, 9.17) is 17.4 Å². The van der Waals surface area contributed by atoms with E-state index in [0.717, 1.165) is 11.8 Å². The molecule has 0 saturated carbocycles. The van der Waals surface area contributed by atoms with E-state index in [1.54, 1.807) is 24.3 Å². The normalized spacial score (nSPS) is 15.6. The van der Waals surface area contributed by atoms with Crippen molar-refractivity contribution in [2.75, 3.05) is 11.9 Å². The van der Waals surface area contributed by atoms with Crippen LogP contribution in [0.3, 0.4) is 0 Å². The SMILES string of the molecule is NS(=O)(=O)c1ccc(NC(=O)CCN2C(=O)/C(=C/c3ccccc3O)SC2=S)cc1. The van der Waals surface area contributed by atoms with Gasteiger partial charge in [0.15, 0.2) is 0 Å². The highest BCUT2D eigenvalue weighted by Gasteiger charge is 2.32. The number of carbonyl (C=O) groups excluding carboxylic acids is 2. The number of phenolic OH excluding ortho intramolecular Hbond substituents is 1. The first-order valence-electron chi connectivity index (χ1n) is 8.61. The van der Waals surface area contributed by atoms with Gasteiger partial charge >= 0.3 is 0 Å². The molecule has 1 fully saturated rings. The quantitative estimate of drug-likeness (QED) is 0.443. The van der Waals surface area contributed by atoms with Crippen LogP contribution in [-0.4, -0.2) is 41.1 Å². The maximum absolute atomic E-state index is 12.6. The van der Waals surface area contributed by atoms with Crippen molar-refractivity contribution in [2.45, 2.75) is 11.3 Å². The Morgan fingerprint density at radius 2 is 1.87 bits per heavy atom. The lowest BCUT2D eigenvalue weighted by molar-refractivity contribution is -0.122. The Balaban J connectivity index is 1.60. The minimum Gasteiger partial charge on any atom is -0.507 e. The van der Waals surface area contributed by atoms with Crippen LogP contribution in [0.2, 0.25) is 0 Å². The molecule has 0 atom stereocenters. The molecular weight excluding hydrogens is 446 g/mol. The summed E-state index contributed by atoms with van der Waals surface area (Å²) in [5.74, 6) is -0.647. The number of nitrogens with one attached hydrogen (secondary N) is 1. The highest BCUT2D eigenvalue weighted by Crippen LogP contribution is 2.34. The van der Waals surface area contributed by atoms with Crippen LogP contribution in [0.15, 0.2) is 58.3 Å². The molecule has 1 aliphatic heterocycles. The average Bonchev–Trinajstić information content (AvgIpc) is 2.94. The predicted octanol–water partition coefficient (Wildman–Crippen LogP) is 2.27. The first-order chi connectivity index (χ1) is 14.1. The summed E-state index contributed by atoms with van der Waals surface area (Å²) < 4.78 is 22.8. The van der Waals surface area contributed by atoms with Gasteiger partial charge in [0.25, 0.3) is 5.91 Å². The number of hydrogen-bond donors (Lipinski definition) is 3. The molecule has 0 radical (unpaired) electrons. The average molecular weight is 464 g/mol. The van der Waals surface area contributed by atoms with E-state index in [0.29, 0.717) is 20.5 Å². The molecule has 2 amide bonds. The Morgan fingerprint density at radius 3 is 2.50 bits per heavy atom. The van der Waals surface area contributed by atoms with E-state index >= 15 is 0 Å². The van der Waals surface area contributed by atoms with Crippen molar-refractivity contribution in [3.63, 3.8) is 0 Å². The summed E-state index contributed by atoms with van der Waals surface area (Å²) in [7, 11) is -3.81. The van der Waals surface area contributed by atoms with Crippen LogP contribution in [0, 0.1) is 0 Å². The van der Waals surface area contributed by atoms with Gasteiger partial charge in [-0.05, 0) is 36.4 Å². The number of primary sulfonamides is 1. The van der Waals surface area contributed by atoms with Crippen molar-refractivity contribution in [3.8, 4) is 5.75 Å². The summed E-state index contributed by atoms with van der Waals surface area (Å²) in [6.07, 6.45) is 1.55. The van der Waals surface area contributed by atoms with Crippen molar-refractivity contribution >= 4 is 61.9 Å². The van der Waals surface area contributed by atoms with E-state index in [1.165, 1.54) is 35.2 Å². The van der Waals surface area contributed by atoms with Crippen LogP contribution in [0.4, 0.5) is 5.69 Å². The molecule has 30 heavy (non-hydrogen) atoms. The topological polar surface area (TPSA) is 130 Å². The van der Waals surface area contributed by atoms with Gasteiger partial charge in [-0.1, -0.05) is 42.2 Å². The molecular formula is C19H17N3O5S3. The second-order valence-electron chi connectivity index (χ2n) is 6.26. The smallest absolute Gasteiger partial charge is 0.266 e. The second kappa shape index (κ2) is 8.96. The molecule has 11 heteroatoms. The number of phenols is 1. The summed E-state index contributed by atoms with van der Waals surface area (Å²) in [6, 6.07) is 12.0. The van der Waals surface area contributed by atoms with Gasteiger partial charge in [-0.15, -0.1) is 0 Å². The summed E-state index contributed by atoms with van der Waals surface area (Å²) in [5, 5.41) is 17.5. The number of nitrogens with zero attached hydrogens (tertiary/aromatic N) is 1. The number of sulfonamides is 1. The Labute approximate surface area is 182 Å². The van der Waals surface area contributed by atoms with Gasteiger partial charge in [0.05, 0.1) is 9.80 Å². The third kappa shape index (κ3) is 5.25. The van der Waals surface area contributed by atoms with Gasteiger partial charge in [-0.25, -0.2) is 13.6 Å². The zero-order valence-corrected chi connectivity index (χ0v) is 17.9. The number of anilines is 1. The Kier molecular flexibility index (Phi) is 6.56. The van der Waals surface area contributed by atoms with E-state index in [1.807, 2.05) is 0 Å². The number of rotatable bonds is 6. The molecule has 1 aliphatic rings. The molecule has 2 aromatic carbocycles. The summed E-state index contributed by atoms with van der Waals surface area (Å²) in [6.45, 7) is 0.0872. The Bertz CT molecular complexity index is 1140. The molecule has 156 valence electrons. The number of amides is 2. The highest BCUT2D eigenvalue weighted by atomic mass is 32.2. The van der Waals surface area contributed by atoms with Crippen molar-refractivity contribution in [3.05, 3.63) is 59.0 Å². The summed E-state index contributed by atoms with van der Waals surface area (Å²) >= 11 is 6.34. The van der Waals surface area contributed by atoms with Gasteiger partial charge in [-0.3, -0.25) is 14.5 Å². The van der Waals surface area contributed by atoms with Gasteiger partial charge in [0.1, 0.15) is 10.1 Å². The van der Waals surface area contributed by atoms with Gasteiger partial charge in [0.2, 0.25) is 15.9 Å². The molecule has 2 aromatic rings. The fourth-order valence-electron chi connectivity index (χ4n) is 2.61. The molecule has 0 spiro atoms. The van der Waals surface area contributed by atoms with Crippen LogP contribution in [0.1, 0.15) is 12.0 Å². The lowest BCUT2D eigenvalue weighted by atomic mass is 10.2. The molecule has 3 rings (SSSR count). The van der Waals surface area contributed by atoms with Crippen LogP contribution in [0.5, 0.6) is 5.75 Å². The lowest BCUT2D eigenvalue weighted by Crippen LogP contribution is -2.31. The van der Waals surface area contributed by atoms with Crippen molar-refractivity contribution in [2.24, 2.45) is 5.14 Å². The van der Waals surface area contributed by atoms with Crippen LogP contribution in [0.25, 0.3) is 6.08 Å². The number of hydrogen-bond acceptors (Lipinski definition) is 7. The van der Waals surface area contributed by atoms with Crippen LogP contribution in [-0.2, 0) is 19.6 Å². The number of benzene rings is 2. The van der Waals surface area contributed by atoms with Crippen molar-refractivity contribution in [1.29, 1.82) is 0 Å². The predicted molar refractivity (Wildman–Crippen MR) is 119 cm³/mol. The van der Waals surface area contributed by atoms with Gasteiger partial charge in [0, 0.05) is 24.2 Å². The van der Waals surface area contributed by atoms with E-state index < -0.39 is 10.0 Å². The Morgan fingerprint density at radius 1 is 1.20 bits per heavy atom. The van der Waals surface area contributed by atoms with Crippen molar-refractivity contribution < 1.29 is 23.1 Å². The fraction of sp³-hybridized carbons (Fsp3) is 0.105. The molecule has 0 aromatic heterocycles. The minimum atomic E-state index is -3.81. The lowest BCUT2D eigenvalue weighted by Gasteiger charge is -2.14. The minimum absolute atomic E-state index is 0.00670. The molecule has 0 unspecified atom stereocenters. The van der Waals surface area contributed by atoms with Gasteiger partial charge in [-0.2, -0.15) is 0 Å². The molecule has 0 bridgehead atoms. The zero-order chi connectivity index (χ0) is 21.9. The first-order valence-corrected chi connectivity index (χ1v) is 11.4. The number of thioether (sulfide) groups is 1. The Hall–Kier alpha value is -2.73. The highest BCUT2D eigenvalue weighted by molar-refractivity contribution is 8.26. The standard InChI is InChI=1S/C19H17N3O5S3/c20-30(26,27)14-7-5-13(6-8-14)21-17(24)9-10-22-18(25)16(29-19(22)28)11-12-3-1-2-4-15(12)23/h1-8,11,23H,9-10H2,(H,21,24)(H2,20,26,27)/b16-11-. The number of carbonyl (C=O) groups is 2. The van der Waals surface area contributed by atoms with Crippen LogP contribution < -0.4 is 10.5 Å². The third-order valence-corrected chi connectivity index (χ3v) is 6.43. The maximum atomic E-state index is 12.6. The molecule has 1 saturated heterocycles. The summed E-state index contributed by atoms with van der Waals surface area (Å²) in [4.78, 5) is 26.4. The number of aromatic hydroxyl groups is 1. The van der Waals surface area contributed by atoms with E-state index in [9.17, 15) is 23.1 Å². The van der Waals surface area contributed by atoms with Gasteiger partial charge < -0.3 is 10.4 Å². The maximum Gasteiger partial charge on any atom is 0.266 e. The van der Waals surface area contributed by atoms with E-state index in [2.05, 4.69) is 5.32 Å². The van der Waals surface area contributed by atoms with Crippen LogP contribution >= 0.6 is 24.0 Å². The second-order valence-corrected chi connectivity index (χ2v) is 9.50. The van der Waals surface area contributed by atoms with Crippen molar-refractivity contribution in [1.82, 2.24) is 4.90 Å². The number of thiocarbonyl (C=S) groups is 1. The molecule has 8 nitrogen and oxygen atoms in total. The molecule has 4 N–H and O–H groups in total. The number of para-hydroxylation sites is 1. The number of nitrogens with two attached hydrogens (primary N) is 1. The fourth-order valence-corrected chi connectivity index (χ4v) is 4.42. The molecule has 0 aliphatic carbocycles. The zero-order valence-electron chi connectivity index (χ0n) is 15.4. The molecule has 1 heterocycles.